The molecule has 2 rings (SSSR count). The molecule has 0 radical (unpaired) electrons. The number of hydrogen-bond donors (Lipinski definition) is 1. The molecule has 0 spiro atoms. The number of pyridine rings is 1. The number of benzene rings is 1. The zero-order chi connectivity index (χ0) is 13.0. The summed E-state index contributed by atoms with van der Waals surface area (Å²) in [5.74, 6) is 1.62. The van der Waals surface area contributed by atoms with Crippen LogP contribution in [0.1, 0.15) is 12.5 Å². The van der Waals surface area contributed by atoms with Crippen LogP contribution < -0.4 is 15.2 Å². The number of hydrogen-bond acceptors (Lipinski definition) is 4. The summed E-state index contributed by atoms with van der Waals surface area (Å²) < 4.78 is 11.0. The van der Waals surface area contributed by atoms with Gasteiger partial charge < -0.3 is 15.2 Å². The monoisotopic (exact) mass is 244 g/mol. The van der Waals surface area contributed by atoms with Crippen molar-refractivity contribution < 1.29 is 9.47 Å². The molecule has 0 atom stereocenters. The van der Waals surface area contributed by atoms with E-state index in [1.807, 2.05) is 38.1 Å². The van der Waals surface area contributed by atoms with Gasteiger partial charge in [-0.2, -0.15) is 4.98 Å². The standard InChI is InChI=1S/C14H16N2O2/c1-3-17-12-8-5-9-13(16-12)18-11-7-4-6-10(2)14(11)15/h4-9H,3,15H2,1-2H3. The lowest BCUT2D eigenvalue weighted by Crippen LogP contribution is -1.98. The maximum absolute atomic E-state index is 5.94. The Morgan fingerprint density at radius 2 is 1.83 bits per heavy atom. The lowest BCUT2D eigenvalue weighted by molar-refractivity contribution is 0.321. The van der Waals surface area contributed by atoms with Crippen molar-refractivity contribution in [2.45, 2.75) is 13.8 Å². The first-order valence-electron chi connectivity index (χ1n) is 5.83. The van der Waals surface area contributed by atoms with Crippen LogP contribution in [0, 0.1) is 6.92 Å². The van der Waals surface area contributed by atoms with Gasteiger partial charge in [0.15, 0.2) is 5.75 Å². The number of nitrogen functional groups attached to an aromatic ring is 1. The van der Waals surface area contributed by atoms with E-state index in [-0.39, 0.29) is 0 Å². The Morgan fingerprint density at radius 1 is 1.11 bits per heavy atom. The van der Waals surface area contributed by atoms with Gasteiger partial charge in [-0.25, -0.2) is 0 Å². The van der Waals surface area contributed by atoms with Gasteiger partial charge in [0.1, 0.15) is 0 Å². The van der Waals surface area contributed by atoms with Crippen molar-refractivity contribution in [1.82, 2.24) is 4.98 Å². The van der Waals surface area contributed by atoms with Crippen LogP contribution >= 0.6 is 0 Å². The van der Waals surface area contributed by atoms with Crippen LogP contribution in [0.25, 0.3) is 0 Å². The van der Waals surface area contributed by atoms with E-state index in [0.717, 1.165) is 5.56 Å². The van der Waals surface area contributed by atoms with E-state index in [2.05, 4.69) is 4.98 Å². The third-order valence-electron chi connectivity index (χ3n) is 2.49. The maximum Gasteiger partial charge on any atom is 0.222 e. The number of nitrogens with two attached hydrogens (primary N) is 1. The van der Waals surface area contributed by atoms with Crippen LogP contribution in [-0.4, -0.2) is 11.6 Å². The highest BCUT2D eigenvalue weighted by atomic mass is 16.5. The van der Waals surface area contributed by atoms with Gasteiger partial charge in [-0.3, -0.25) is 0 Å². The van der Waals surface area contributed by atoms with Crippen molar-refractivity contribution >= 4 is 5.69 Å². The topological polar surface area (TPSA) is 57.4 Å². The van der Waals surface area contributed by atoms with Crippen molar-refractivity contribution in [2.24, 2.45) is 0 Å². The van der Waals surface area contributed by atoms with Gasteiger partial charge in [0, 0.05) is 12.1 Å². The first-order valence-corrected chi connectivity index (χ1v) is 5.83. The molecule has 0 aliphatic heterocycles. The Labute approximate surface area is 106 Å². The summed E-state index contributed by atoms with van der Waals surface area (Å²) in [4.78, 5) is 4.23. The Hall–Kier alpha value is -2.23. The fraction of sp³-hybridized carbons (Fsp3) is 0.214. The lowest BCUT2D eigenvalue weighted by Gasteiger charge is -2.10. The second-order valence-corrected chi connectivity index (χ2v) is 3.84. The first kappa shape index (κ1) is 12.2. The van der Waals surface area contributed by atoms with Crippen LogP contribution in [0.5, 0.6) is 17.5 Å². The zero-order valence-corrected chi connectivity index (χ0v) is 10.5. The van der Waals surface area contributed by atoms with Gasteiger partial charge >= 0.3 is 0 Å². The molecule has 0 saturated heterocycles. The molecule has 0 saturated carbocycles. The van der Waals surface area contributed by atoms with Crippen molar-refractivity contribution in [1.29, 1.82) is 0 Å². The van der Waals surface area contributed by atoms with Gasteiger partial charge in [0.25, 0.3) is 0 Å². The van der Waals surface area contributed by atoms with Gasteiger partial charge in [-0.15, -0.1) is 0 Å². The Kier molecular flexibility index (Phi) is 3.67. The molecule has 1 aromatic carbocycles. The maximum atomic E-state index is 5.94. The predicted octanol–water partition coefficient (Wildman–Crippen LogP) is 3.16. The van der Waals surface area contributed by atoms with E-state index in [1.165, 1.54) is 0 Å². The normalized spacial score (nSPS) is 10.1. The molecule has 0 aliphatic rings. The number of ether oxygens (including phenoxy) is 2. The van der Waals surface area contributed by atoms with E-state index in [1.54, 1.807) is 12.1 Å². The smallest absolute Gasteiger partial charge is 0.222 e. The lowest BCUT2D eigenvalue weighted by atomic mass is 10.2. The fourth-order valence-corrected chi connectivity index (χ4v) is 1.54. The van der Waals surface area contributed by atoms with Crippen molar-refractivity contribution in [2.75, 3.05) is 12.3 Å². The van der Waals surface area contributed by atoms with Crippen molar-refractivity contribution in [3.63, 3.8) is 0 Å². The molecule has 1 heterocycles. The number of aryl methyl sites for hydroxylation is 1. The molecule has 94 valence electrons. The van der Waals surface area contributed by atoms with E-state index < -0.39 is 0 Å². The van der Waals surface area contributed by atoms with Crippen LogP contribution in [0.3, 0.4) is 0 Å². The summed E-state index contributed by atoms with van der Waals surface area (Å²) in [6, 6.07) is 11.0. The van der Waals surface area contributed by atoms with Gasteiger partial charge in [-0.05, 0) is 25.5 Å². The molecule has 0 fully saturated rings. The van der Waals surface area contributed by atoms with E-state index in [9.17, 15) is 0 Å². The van der Waals surface area contributed by atoms with Crippen LogP contribution in [0.15, 0.2) is 36.4 Å². The van der Waals surface area contributed by atoms with E-state index >= 15 is 0 Å². The second kappa shape index (κ2) is 5.40. The summed E-state index contributed by atoms with van der Waals surface area (Å²) in [5, 5.41) is 0. The Balaban J connectivity index is 2.23. The summed E-state index contributed by atoms with van der Waals surface area (Å²) in [6.07, 6.45) is 0. The van der Waals surface area contributed by atoms with Gasteiger partial charge in [0.2, 0.25) is 11.8 Å². The summed E-state index contributed by atoms with van der Waals surface area (Å²) >= 11 is 0. The van der Waals surface area contributed by atoms with Crippen LogP contribution in [0.4, 0.5) is 5.69 Å². The zero-order valence-electron chi connectivity index (χ0n) is 10.5. The number of anilines is 1. The summed E-state index contributed by atoms with van der Waals surface area (Å²) in [7, 11) is 0. The minimum atomic E-state index is 0.471. The third-order valence-corrected chi connectivity index (χ3v) is 2.49. The highest BCUT2D eigenvalue weighted by Crippen LogP contribution is 2.29. The van der Waals surface area contributed by atoms with Crippen LogP contribution in [0.2, 0.25) is 0 Å². The van der Waals surface area contributed by atoms with Crippen molar-refractivity contribution in [3.05, 3.63) is 42.0 Å². The largest absolute Gasteiger partial charge is 0.478 e. The molecular weight excluding hydrogens is 228 g/mol. The number of nitrogens with zero attached hydrogens (tertiary/aromatic N) is 1. The highest BCUT2D eigenvalue weighted by molar-refractivity contribution is 5.58. The molecule has 0 bridgehead atoms. The highest BCUT2D eigenvalue weighted by Gasteiger charge is 2.05. The first-order chi connectivity index (χ1) is 8.70. The molecule has 0 unspecified atom stereocenters. The molecule has 1 aromatic heterocycles. The Bertz CT molecular complexity index is 541. The quantitative estimate of drug-likeness (QED) is 0.839. The summed E-state index contributed by atoms with van der Waals surface area (Å²) in [5.41, 5.74) is 7.55. The minimum Gasteiger partial charge on any atom is -0.478 e. The molecule has 4 nitrogen and oxygen atoms in total. The fourth-order valence-electron chi connectivity index (χ4n) is 1.54. The molecule has 2 N–H and O–H groups in total. The van der Waals surface area contributed by atoms with E-state index in [4.69, 9.17) is 15.2 Å². The number of para-hydroxylation sites is 1. The molecular formula is C14H16N2O2. The average molecular weight is 244 g/mol. The number of rotatable bonds is 4. The second-order valence-electron chi connectivity index (χ2n) is 3.84. The van der Waals surface area contributed by atoms with Gasteiger partial charge in [-0.1, -0.05) is 18.2 Å². The third kappa shape index (κ3) is 2.71. The minimum absolute atomic E-state index is 0.471. The van der Waals surface area contributed by atoms with Crippen molar-refractivity contribution in [3.8, 4) is 17.5 Å². The molecule has 4 heteroatoms. The molecule has 0 amide bonds. The molecule has 2 aromatic rings. The number of aromatic nitrogens is 1. The Morgan fingerprint density at radius 3 is 2.61 bits per heavy atom. The molecule has 18 heavy (non-hydrogen) atoms. The van der Waals surface area contributed by atoms with E-state index in [0.29, 0.717) is 29.8 Å². The molecule has 0 aliphatic carbocycles. The average Bonchev–Trinajstić information content (AvgIpc) is 2.36. The SMILES string of the molecule is CCOc1cccc(Oc2cccc(C)c2N)n1. The van der Waals surface area contributed by atoms with Gasteiger partial charge in [0.05, 0.1) is 12.3 Å². The van der Waals surface area contributed by atoms with Crippen LogP contribution in [-0.2, 0) is 0 Å². The predicted molar refractivity (Wildman–Crippen MR) is 71.1 cm³/mol. The summed E-state index contributed by atoms with van der Waals surface area (Å²) in [6.45, 7) is 4.42.